The number of amides is 1. The number of hydrogen-bond acceptors (Lipinski definition) is 3. The molecule has 6 heteroatoms. The van der Waals surface area contributed by atoms with E-state index >= 15 is 0 Å². The van der Waals surface area contributed by atoms with E-state index < -0.39 is 10.0 Å². The van der Waals surface area contributed by atoms with Gasteiger partial charge in [0.05, 0.1) is 4.90 Å². The highest BCUT2D eigenvalue weighted by molar-refractivity contribution is 7.89. The minimum absolute atomic E-state index is 0.133. The third-order valence-electron chi connectivity index (χ3n) is 7.14. The van der Waals surface area contributed by atoms with Crippen LogP contribution in [0.5, 0.6) is 0 Å². The number of hydrogen-bond donors (Lipinski definition) is 0. The average molecular weight is 441 g/mol. The number of nitrogens with zero attached hydrogens (tertiary/aromatic N) is 2. The molecule has 2 aromatic rings. The van der Waals surface area contributed by atoms with E-state index in [4.69, 9.17) is 0 Å². The monoisotopic (exact) mass is 440 g/mol. The molecular weight excluding hydrogens is 408 g/mol. The molecule has 0 radical (unpaired) electrons. The molecular formula is C25H32N2O3S. The Morgan fingerprint density at radius 1 is 0.968 bits per heavy atom. The summed E-state index contributed by atoms with van der Waals surface area (Å²) >= 11 is 0. The molecule has 5 nitrogen and oxygen atoms in total. The Bertz CT molecular complexity index is 1110. The Hall–Kier alpha value is -2.18. The second kappa shape index (κ2) is 8.06. The Balaban J connectivity index is 1.53. The second-order valence-electron chi connectivity index (χ2n) is 9.16. The van der Waals surface area contributed by atoms with Gasteiger partial charge in [-0.2, -0.15) is 4.31 Å². The van der Waals surface area contributed by atoms with Crippen molar-refractivity contribution in [2.75, 3.05) is 18.0 Å². The van der Waals surface area contributed by atoms with Crippen molar-refractivity contribution >= 4 is 21.6 Å². The summed E-state index contributed by atoms with van der Waals surface area (Å²) in [6, 6.07) is 10.3. The first-order valence-corrected chi connectivity index (χ1v) is 12.6. The van der Waals surface area contributed by atoms with Gasteiger partial charge in [-0.15, -0.1) is 0 Å². The molecule has 166 valence electrons. The summed E-state index contributed by atoms with van der Waals surface area (Å²) in [5.41, 5.74) is 5.86. The van der Waals surface area contributed by atoms with Gasteiger partial charge in [-0.1, -0.05) is 24.3 Å². The summed E-state index contributed by atoms with van der Waals surface area (Å²) in [5.74, 6) is -0.00486. The van der Waals surface area contributed by atoms with Crippen molar-refractivity contribution in [2.24, 2.45) is 5.92 Å². The average Bonchev–Trinajstić information content (AvgIpc) is 3.07. The zero-order valence-electron chi connectivity index (χ0n) is 19.1. The summed E-state index contributed by atoms with van der Waals surface area (Å²) in [5, 5.41) is 0. The summed E-state index contributed by atoms with van der Waals surface area (Å²) in [7, 11) is -3.59. The molecule has 1 fully saturated rings. The molecule has 31 heavy (non-hydrogen) atoms. The minimum Gasteiger partial charge on any atom is -0.309 e. The summed E-state index contributed by atoms with van der Waals surface area (Å²) in [6.07, 6.45) is 2.00. The smallest absolute Gasteiger partial charge is 0.243 e. The lowest BCUT2D eigenvalue weighted by Crippen LogP contribution is -2.46. The highest BCUT2D eigenvalue weighted by atomic mass is 32.2. The third kappa shape index (κ3) is 3.70. The van der Waals surface area contributed by atoms with Gasteiger partial charge in [-0.3, -0.25) is 4.79 Å². The molecule has 2 aliphatic rings. The molecule has 0 bridgehead atoms. The number of aryl methyl sites for hydroxylation is 2. The molecule has 0 saturated carbocycles. The lowest BCUT2D eigenvalue weighted by molar-refractivity contribution is -0.123. The zero-order chi connectivity index (χ0) is 22.5. The number of fused-ring (bicyclic) bond motifs is 1. The van der Waals surface area contributed by atoms with Crippen LogP contribution in [0.15, 0.2) is 35.2 Å². The maximum atomic E-state index is 13.5. The normalized spacial score (nSPS) is 20.2. The summed E-state index contributed by atoms with van der Waals surface area (Å²) in [6.45, 7) is 10.5. The fourth-order valence-electron chi connectivity index (χ4n) is 5.14. The highest BCUT2D eigenvalue weighted by Crippen LogP contribution is 2.36. The first-order valence-electron chi connectivity index (χ1n) is 11.1. The molecule has 1 atom stereocenters. The van der Waals surface area contributed by atoms with Crippen LogP contribution in [0, 0.1) is 33.6 Å². The van der Waals surface area contributed by atoms with Gasteiger partial charge in [0.1, 0.15) is 0 Å². The van der Waals surface area contributed by atoms with E-state index in [0.29, 0.717) is 30.8 Å². The Morgan fingerprint density at radius 2 is 1.55 bits per heavy atom. The lowest BCUT2D eigenvalue weighted by atomic mass is 9.96. The number of carbonyl (C=O) groups is 1. The van der Waals surface area contributed by atoms with Gasteiger partial charge in [-0.05, 0) is 87.8 Å². The van der Waals surface area contributed by atoms with E-state index in [2.05, 4.69) is 13.0 Å². The van der Waals surface area contributed by atoms with Crippen LogP contribution in [-0.2, 0) is 21.2 Å². The van der Waals surface area contributed by atoms with Gasteiger partial charge in [0.15, 0.2) is 0 Å². The van der Waals surface area contributed by atoms with E-state index in [1.807, 2.05) is 56.9 Å². The number of piperidine rings is 1. The SMILES string of the molecule is Cc1cc(C)c(C)c(S(=O)(=O)N2CCC(C(=O)N3c4ccccc4CC3C)CC2)c1C. The largest absolute Gasteiger partial charge is 0.309 e. The number of anilines is 1. The van der Waals surface area contributed by atoms with Crippen molar-refractivity contribution < 1.29 is 13.2 Å². The standard InChI is InChI=1S/C25H32N2O3S/c1-16-14-17(2)20(5)24(19(16)4)31(29,30)26-12-10-21(11-13-26)25(28)27-18(3)15-22-8-6-7-9-23(22)27/h6-9,14,18,21H,10-13,15H2,1-5H3. The second-order valence-corrected chi connectivity index (χ2v) is 11.0. The van der Waals surface area contributed by atoms with Crippen LogP contribution >= 0.6 is 0 Å². The highest BCUT2D eigenvalue weighted by Gasteiger charge is 2.38. The van der Waals surface area contributed by atoms with Crippen molar-refractivity contribution in [2.45, 2.75) is 64.8 Å². The Morgan fingerprint density at radius 3 is 2.16 bits per heavy atom. The fraction of sp³-hybridized carbons (Fsp3) is 0.480. The predicted octanol–water partition coefficient (Wildman–Crippen LogP) is 4.30. The summed E-state index contributed by atoms with van der Waals surface area (Å²) < 4.78 is 28.6. The molecule has 0 aliphatic carbocycles. The van der Waals surface area contributed by atoms with E-state index in [9.17, 15) is 13.2 Å². The van der Waals surface area contributed by atoms with Gasteiger partial charge >= 0.3 is 0 Å². The number of carbonyl (C=O) groups excluding carboxylic acids is 1. The molecule has 4 rings (SSSR count). The van der Waals surface area contributed by atoms with Gasteiger partial charge in [0.25, 0.3) is 0 Å². The van der Waals surface area contributed by atoms with Crippen molar-refractivity contribution in [1.29, 1.82) is 0 Å². The predicted molar refractivity (Wildman–Crippen MR) is 124 cm³/mol. The Labute approximate surface area is 186 Å². The van der Waals surface area contributed by atoms with Crippen LogP contribution in [0.1, 0.15) is 47.6 Å². The van der Waals surface area contributed by atoms with Crippen LogP contribution in [-0.4, -0.2) is 37.8 Å². The maximum absolute atomic E-state index is 13.5. The van der Waals surface area contributed by atoms with Crippen molar-refractivity contribution in [1.82, 2.24) is 4.31 Å². The van der Waals surface area contributed by atoms with Gasteiger partial charge in [-0.25, -0.2) is 8.42 Å². The van der Waals surface area contributed by atoms with Crippen molar-refractivity contribution in [3.05, 3.63) is 58.1 Å². The maximum Gasteiger partial charge on any atom is 0.243 e. The zero-order valence-corrected chi connectivity index (χ0v) is 19.9. The van der Waals surface area contributed by atoms with Gasteiger partial charge in [0, 0.05) is 30.7 Å². The van der Waals surface area contributed by atoms with Crippen LogP contribution in [0.3, 0.4) is 0 Å². The number of benzene rings is 2. The molecule has 2 aromatic carbocycles. The number of para-hydroxylation sites is 1. The first-order chi connectivity index (χ1) is 14.6. The van der Waals surface area contributed by atoms with Crippen LogP contribution in [0.25, 0.3) is 0 Å². The van der Waals surface area contributed by atoms with Gasteiger partial charge < -0.3 is 4.90 Å². The van der Waals surface area contributed by atoms with Crippen molar-refractivity contribution in [3.8, 4) is 0 Å². The molecule has 2 heterocycles. The minimum atomic E-state index is -3.59. The van der Waals surface area contributed by atoms with Crippen LogP contribution < -0.4 is 4.90 Å². The quantitative estimate of drug-likeness (QED) is 0.715. The summed E-state index contributed by atoms with van der Waals surface area (Å²) in [4.78, 5) is 15.7. The van der Waals surface area contributed by atoms with E-state index in [-0.39, 0.29) is 17.9 Å². The number of sulfonamides is 1. The van der Waals surface area contributed by atoms with Crippen molar-refractivity contribution in [3.63, 3.8) is 0 Å². The molecule has 2 aliphatic heterocycles. The van der Waals surface area contributed by atoms with Gasteiger partial charge in [0.2, 0.25) is 15.9 Å². The lowest BCUT2D eigenvalue weighted by Gasteiger charge is -2.34. The Kier molecular flexibility index (Phi) is 5.73. The topological polar surface area (TPSA) is 57.7 Å². The van der Waals surface area contributed by atoms with Crippen LogP contribution in [0.2, 0.25) is 0 Å². The molecule has 0 N–H and O–H groups in total. The van der Waals surface area contributed by atoms with Crippen LogP contribution in [0.4, 0.5) is 5.69 Å². The molecule has 1 saturated heterocycles. The molecule has 0 aromatic heterocycles. The molecule has 1 amide bonds. The third-order valence-corrected chi connectivity index (χ3v) is 9.32. The van der Waals surface area contributed by atoms with E-state index in [1.54, 1.807) is 4.31 Å². The molecule has 0 spiro atoms. The molecule has 1 unspecified atom stereocenters. The first kappa shape index (κ1) is 22.0. The van der Waals surface area contributed by atoms with E-state index in [1.165, 1.54) is 5.56 Å². The fourth-order valence-corrected chi connectivity index (χ4v) is 7.18. The van der Waals surface area contributed by atoms with E-state index in [0.717, 1.165) is 34.4 Å². The number of rotatable bonds is 3.